The highest BCUT2D eigenvalue weighted by molar-refractivity contribution is 5.95. The minimum atomic E-state index is -0.137. The minimum Gasteiger partial charge on any atom is -0.355 e. The molecule has 0 aliphatic rings. The van der Waals surface area contributed by atoms with Crippen LogP contribution in [0.3, 0.4) is 0 Å². The molecule has 0 atom stereocenters. The van der Waals surface area contributed by atoms with E-state index in [9.17, 15) is 4.79 Å². The number of hydrogen-bond donors (Lipinski definition) is 2. The van der Waals surface area contributed by atoms with Gasteiger partial charge in [0.1, 0.15) is 11.8 Å². The summed E-state index contributed by atoms with van der Waals surface area (Å²) in [6.07, 6.45) is 3.23. The summed E-state index contributed by atoms with van der Waals surface area (Å²) >= 11 is 0. The van der Waals surface area contributed by atoms with Crippen molar-refractivity contribution in [3.63, 3.8) is 0 Å². The second-order valence-corrected chi connectivity index (χ2v) is 6.09. The molecule has 0 bridgehead atoms. The van der Waals surface area contributed by atoms with E-state index in [-0.39, 0.29) is 5.91 Å². The van der Waals surface area contributed by atoms with Crippen LogP contribution in [-0.4, -0.2) is 32.5 Å². The Morgan fingerprint density at radius 3 is 2.67 bits per heavy atom. The fourth-order valence-corrected chi connectivity index (χ4v) is 2.88. The molecule has 0 unspecified atom stereocenters. The summed E-state index contributed by atoms with van der Waals surface area (Å²) in [6, 6.07) is 15.4. The van der Waals surface area contributed by atoms with Crippen molar-refractivity contribution in [2.24, 2.45) is 0 Å². The lowest BCUT2D eigenvalue weighted by Crippen LogP contribution is -2.17. The van der Waals surface area contributed by atoms with Gasteiger partial charge in [0.25, 0.3) is 5.91 Å². The molecule has 2 N–H and O–H groups in total. The maximum absolute atomic E-state index is 11.9. The van der Waals surface area contributed by atoms with Gasteiger partial charge in [0.15, 0.2) is 11.6 Å². The third kappa shape index (κ3) is 3.10. The van der Waals surface area contributed by atoms with E-state index >= 15 is 0 Å². The number of fused-ring (bicyclic) bond motifs is 1. The lowest BCUT2D eigenvalue weighted by Gasteiger charge is -2.11. The highest BCUT2D eigenvalue weighted by atomic mass is 16.1. The monoisotopic (exact) mass is 358 g/mol. The van der Waals surface area contributed by atoms with Gasteiger partial charge in [0, 0.05) is 23.9 Å². The molecule has 0 saturated carbocycles. The summed E-state index contributed by atoms with van der Waals surface area (Å²) in [5.41, 5.74) is 4.11. The van der Waals surface area contributed by atoms with E-state index in [4.69, 9.17) is 0 Å². The van der Waals surface area contributed by atoms with E-state index in [0.29, 0.717) is 11.4 Å². The topological polar surface area (TPSA) is 84.2 Å². The lowest BCUT2D eigenvalue weighted by atomic mass is 10.1. The number of anilines is 2. The predicted molar refractivity (Wildman–Crippen MR) is 104 cm³/mol. The Morgan fingerprint density at radius 1 is 1.07 bits per heavy atom. The van der Waals surface area contributed by atoms with E-state index in [0.717, 1.165) is 28.2 Å². The first kappa shape index (κ1) is 16.7. The van der Waals surface area contributed by atoms with Gasteiger partial charge in [-0.05, 0) is 24.6 Å². The molecule has 0 fully saturated rings. The number of nitrogens with one attached hydrogen (secondary N) is 2. The molecule has 1 amide bonds. The van der Waals surface area contributed by atoms with Gasteiger partial charge >= 0.3 is 0 Å². The predicted octanol–water partition coefficient (Wildman–Crippen LogP) is 3.20. The van der Waals surface area contributed by atoms with Gasteiger partial charge in [0.05, 0.1) is 6.20 Å². The molecular formula is C20H18N6O. The average molecular weight is 358 g/mol. The summed E-state index contributed by atoms with van der Waals surface area (Å²) in [5.74, 6) is 1.23. The Bertz CT molecular complexity index is 1120. The van der Waals surface area contributed by atoms with Gasteiger partial charge in [-0.25, -0.2) is 14.5 Å². The number of carbonyl (C=O) groups excluding carboxylic acids is 1. The van der Waals surface area contributed by atoms with E-state index in [1.165, 1.54) is 6.33 Å². The maximum Gasteiger partial charge on any atom is 0.251 e. The van der Waals surface area contributed by atoms with Crippen molar-refractivity contribution in [2.75, 3.05) is 12.4 Å². The molecule has 0 aliphatic heterocycles. The molecule has 134 valence electrons. The van der Waals surface area contributed by atoms with Gasteiger partial charge in [-0.1, -0.05) is 36.4 Å². The van der Waals surface area contributed by atoms with Gasteiger partial charge in [-0.3, -0.25) is 4.79 Å². The number of nitrogens with zero attached hydrogens (tertiary/aromatic N) is 4. The summed E-state index contributed by atoms with van der Waals surface area (Å²) in [6.45, 7) is 1.97. The number of hydrogen-bond acceptors (Lipinski definition) is 5. The number of amides is 1. The van der Waals surface area contributed by atoms with Gasteiger partial charge in [0.2, 0.25) is 0 Å². The number of aryl methyl sites for hydroxylation is 1. The highest BCUT2D eigenvalue weighted by Gasteiger charge is 2.13. The molecule has 0 saturated heterocycles. The quantitative estimate of drug-likeness (QED) is 0.585. The third-order valence-corrected chi connectivity index (χ3v) is 4.35. The van der Waals surface area contributed by atoms with E-state index < -0.39 is 0 Å². The van der Waals surface area contributed by atoms with Crippen molar-refractivity contribution in [1.29, 1.82) is 0 Å². The van der Waals surface area contributed by atoms with E-state index in [2.05, 4.69) is 25.7 Å². The third-order valence-electron chi connectivity index (χ3n) is 4.35. The number of carbonyl (C=O) groups is 1. The second kappa shape index (κ2) is 6.87. The normalized spacial score (nSPS) is 10.7. The van der Waals surface area contributed by atoms with Crippen molar-refractivity contribution in [3.05, 3.63) is 72.2 Å². The molecular weight excluding hydrogens is 340 g/mol. The van der Waals surface area contributed by atoms with Gasteiger partial charge in [-0.15, -0.1) is 0 Å². The van der Waals surface area contributed by atoms with Crippen LogP contribution in [0.15, 0.2) is 61.1 Å². The molecule has 7 nitrogen and oxygen atoms in total. The fraction of sp³-hybridized carbons (Fsp3) is 0.100. The number of benzene rings is 2. The fourth-order valence-electron chi connectivity index (χ4n) is 2.88. The first-order valence-electron chi connectivity index (χ1n) is 8.51. The van der Waals surface area contributed by atoms with Crippen LogP contribution in [0.5, 0.6) is 0 Å². The maximum atomic E-state index is 11.9. The van der Waals surface area contributed by atoms with Crippen molar-refractivity contribution < 1.29 is 4.79 Å². The first-order valence-corrected chi connectivity index (χ1v) is 8.51. The highest BCUT2D eigenvalue weighted by Crippen LogP contribution is 2.26. The van der Waals surface area contributed by atoms with Gasteiger partial charge in [-0.2, -0.15) is 5.10 Å². The summed E-state index contributed by atoms with van der Waals surface area (Å²) in [5, 5.41) is 10.3. The van der Waals surface area contributed by atoms with E-state index in [1.807, 2.05) is 43.3 Å². The second-order valence-electron chi connectivity index (χ2n) is 6.09. The molecule has 7 heteroatoms. The zero-order chi connectivity index (χ0) is 18.8. The summed E-state index contributed by atoms with van der Waals surface area (Å²) in [4.78, 5) is 20.8. The molecule has 2 aromatic carbocycles. The molecule has 0 aliphatic carbocycles. The van der Waals surface area contributed by atoms with Crippen molar-refractivity contribution in [3.8, 4) is 11.4 Å². The largest absolute Gasteiger partial charge is 0.355 e. The van der Waals surface area contributed by atoms with Crippen LogP contribution in [0.25, 0.3) is 16.9 Å². The van der Waals surface area contributed by atoms with Crippen LogP contribution in [0.1, 0.15) is 15.9 Å². The van der Waals surface area contributed by atoms with Crippen molar-refractivity contribution >= 4 is 22.9 Å². The van der Waals surface area contributed by atoms with Crippen molar-refractivity contribution in [1.82, 2.24) is 24.9 Å². The van der Waals surface area contributed by atoms with Crippen molar-refractivity contribution in [2.45, 2.75) is 6.92 Å². The molecule has 2 aromatic heterocycles. The van der Waals surface area contributed by atoms with Crippen LogP contribution in [-0.2, 0) is 0 Å². The van der Waals surface area contributed by atoms with Crippen LogP contribution in [0, 0.1) is 6.92 Å². The molecule has 0 spiro atoms. The number of imidazole rings is 1. The lowest BCUT2D eigenvalue weighted by molar-refractivity contribution is 0.0963. The van der Waals surface area contributed by atoms with Crippen LogP contribution in [0.2, 0.25) is 0 Å². The number of rotatable bonds is 4. The molecule has 27 heavy (non-hydrogen) atoms. The first-order chi connectivity index (χ1) is 13.2. The molecule has 4 aromatic rings. The van der Waals surface area contributed by atoms with Crippen LogP contribution in [0.4, 0.5) is 11.5 Å². The van der Waals surface area contributed by atoms with Crippen LogP contribution >= 0.6 is 0 Å². The zero-order valence-electron chi connectivity index (χ0n) is 15.0. The smallest absolute Gasteiger partial charge is 0.251 e. The Hall–Kier alpha value is -3.74. The van der Waals surface area contributed by atoms with E-state index in [1.54, 1.807) is 29.9 Å². The Kier molecular flexibility index (Phi) is 4.25. The average Bonchev–Trinajstić information content (AvgIpc) is 3.15. The molecule has 0 radical (unpaired) electrons. The van der Waals surface area contributed by atoms with Crippen LogP contribution < -0.4 is 10.6 Å². The molecule has 2 heterocycles. The summed E-state index contributed by atoms with van der Waals surface area (Å²) in [7, 11) is 1.61. The molecule has 4 rings (SSSR count). The van der Waals surface area contributed by atoms with Gasteiger partial charge < -0.3 is 10.6 Å². The standard InChI is InChI=1S/C20H18N6O/c1-13-8-9-15(20(27)21-2)10-16(13)25-18-17-11-22-19(26(17)24-12-23-18)14-6-4-3-5-7-14/h3-12H,1-2H3,(H,21,27)(H,23,24,25). The number of aromatic nitrogens is 4. The Labute approximate surface area is 156 Å². The minimum absolute atomic E-state index is 0.137. The Balaban J connectivity index is 1.76. The Morgan fingerprint density at radius 2 is 1.89 bits per heavy atom. The summed E-state index contributed by atoms with van der Waals surface area (Å²) < 4.78 is 1.75. The SMILES string of the molecule is CNC(=O)c1ccc(C)c(Nc2ncnn3c(-c4ccccc4)ncc23)c1. The zero-order valence-corrected chi connectivity index (χ0v) is 15.0.